The first kappa shape index (κ1) is 111. The normalized spacial score (nSPS) is 35.1. The van der Waals surface area contributed by atoms with E-state index in [2.05, 4.69) is 41.9 Å². The predicted molar refractivity (Wildman–Crippen MR) is 441 cm³/mol. The van der Waals surface area contributed by atoms with Gasteiger partial charge in [0.1, 0.15) is 128 Å². The van der Waals surface area contributed by atoms with Gasteiger partial charge in [0.15, 0.2) is 25.2 Å². The van der Waals surface area contributed by atoms with Gasteiger partial charge in [-0.05, 0) is 45.4 Å². The average molecular weight is 1840 g/mol. The highest BCUT2D eigenvalue weighted by atomic mass is 16.8. The number of aliphatic hydroxyl groups excluding tert-OH is 19. The third-order valence-electron chi connectivity index (χ3n) is 24.4. The summed E-state index contributed by atoms with van der Waals surface area (Å²) in [5.74, 6) is -16.1. The van der Waals surface area contributed by atoms with Crippen molar-refractivity contribution < 1.29 is 193 Å². The molecule has 6 fully saturated rings. The van der Waals surface area contributed by atoms with E-state index in [1.807, 2.05) is 0 Å². The number of unbranched alkanes of at least 4 members (excludes halogenated alkanes) is 23. The van der Waals surface area contributed by atoms with Crippen LogP contribution in [0.3, 0.4) is 0 Å². The number of Topliss-reactive ketones (excluding diaryl/α,β-unsaturated/α-hetero) is 1. The van der Waals surface area contributed by atoms with Crippen molar-refractivity contribution in [1.82, 2.24) is 16.0 Å². The van der Waals surface area contributed by atoms with Gasteiger partial charge in [-0.25, -0.2) is 9.59 Å². The number of carbonyl (C=O) groups excluding carboxylic acids is 4. The third kappa shape index (κ3) is 32.7. The fraction of sp³-hybridized carbons (Fsp3) is 0.906. The summed E-state index contributed by atoms with van der Waals surface area (Å²) in [7, 11) is 0. The molecule has 0 aromatic carbocycles. The van der Waals surface area contributed by atoms with Crippen LogP contribution in [-0.2, 0) is 85.6 Å². The zero-order valence-corrected chi connectivity index (χ0v) is 73.7. The largest absolute Gasteiger partial charge is 0.477 e. The molecule has 24 N–H and O–H groups in total. The molecule has 42 heteroatoms. The van der Waals surface area contributed by atoms with Gasteiger partial charge in [-0.1, -0.05) is 161 Å². The molecule has 0 bridgehead atoms. The molecule has 6 aliphatic heterocycles. The summed E-state index contributed by atoms with van der Waals surface area (Å²) in [5.41, 5.74) is 0. The number of hydrogen-bond acceptors (Lipinski definition) is 37. The highest BCUT2D eigenvalue weighted by molar-refractivity contribution is 5.78. The van der Waals surface area contributed by atoms with Crippen LogP contribution >= 0.6 is 0 Å². The molecule has 3 amide bonds. The molecule has 0 saturated carbocycles. The van der Waals surface area contributed by atoms with E-state index in [1.165, 1.54) is 64.2 Å². The van der Waals surface area contributed by atoms with Crippen LogP contribution in [0.4, 0.5) is 0 Å². The summed E-state index contributed by atoms with van der Waals surface area (Å²) in [5, 5.41) is 245. The number of carbonyl (C=O) groups is 6. The van der Waals surface area contributed by atoms with Crippen LogP contribution in [0, 0.1) is 5.92 Å². The minimum absolute atomic E-state index is 0.113. The van der Waals surface area contributed by atoms with Crippen LogP contribution < -0.4 is 16.0 Å². The van der Waals surface area contributed by atoms with Crippen LogP contribution in [0.5, 0.6) is 0 Å². The van der Waals surface area contributed by atoms with Crippen molar-refractivity contribution in [3.63, 3.8) is 0 Å². The van der Waals surface area contributed by atoms with Crippen molar-refractivity contribution in [3.05, 3.63) is 12.2 Å². The second-order valence-corrected chi connectivity index (χ2v) is 34.6. The van der Waals surface area contributed by atoms with E-state index in [9.17, 15) is 136 Å². The number of ether oxygens (including phenoxy) is 12. The summed E-state index contributed by atoms with van der Waals surface area (Å²) in [6, 6.07) is -4.69. The predicted octanol–water partition coefficient (Wildman–Crippen LogP) is -2.78. The fourth-order valence-corrected chi connectivity index (χ4v) is 17.2. The Labute approximate surface area is 740 Å². The average Bonchev–Trinajstić information content (AvgIpc) is 0.752. The van der Waals surface area contributed by atoms with Gasteiger partial charge in [0.25, 0.3) is 11.6 Å². The van der Waals surface area contributed by atoms with Crippen molar-refractivity contribution >= 4 is 35.4 Å². The maximum atomic E-state index is 14.1. The Hall–Kier alpha value is -4.48. The Balaban J connectivity index is 1.30. The van der Waals surface area contributed by atoms with Crippen molar-refractivity contribution in [2.45, 2.75) is 435 Å². The van der Waals surface area contributed by atoms with Gasteiger partial charge in [-0.15, -0.1) is 0 Å². The van der Waals surface area contributed by atoms with Crippen LogP contribution in [0.15, 0.2) is 12.2 Å². The standard InChI is InChI=1S/C85H149N3O39/c1-6-8-10-12-14-16-18-20-21-23-25-27-29-31-33-35-60(103)88-50(51(98)34-32-30-28-26-24-22-19-17-15-13-11-9-7-2)45-116-79-68(109)67(108)72(58(43-93)119-79)122-81-70(111)77(127-85(83(114)115)38-53(100)62(87-48(5)97)75(125-85)64(105)55(102)40-90)73(59(44-94)120-81)123-78-49(36-46(3)95)71(65(106)56(41-91)117-78)121-80-69(110)76(66(107)57(42-92)118-80)126-84(82(112)113)37-52(99)61(86-47(4)96)74(124-84)63(104)54(101)39-89/h16,18,49-59,61-81,89-94,98-102,104-111H,6-15,17,19-45H2,1-5H3,(H,86,96)(H,87,97)(H,88,103)(H,112,113)(H,114,115). The number of ketones is 1. The van der Waals surface area contributed by atoms with Gasteiger partial charge < -0.3 is 185 Å². The van der Waals surface area contributed by atoms with E-state index < -0.39 is 308 Å². The molecule has 6 saturated heterocycles. The number of amides is 3. The fourth-order valence-electron chi connectivity index (χ4n) is 17.2. The molecule has 6 heterocycles. The van der Waals surface area contributed by atoms with Crippen LogP contribution in [0.1, 0.15) is 234 Å². The number of aliphatic carboxylic acids is 2. The lowest BCUT2D eigenvalue weighted by Crippen LogP contribution is -2.71. The lowest BCUT2D eigenvalue weighted by atomic mass is 9.86. The number of carboxylic acid groups (broad SMARTS) is 2. The molecule has 34 atom stereocenters. The highest BCUT2D eigenvalue weighted by Crippen LogP contribution is 2.44. The second kappa shape index (κ2) is 56.6. The zero-order valence-electron chi connectivity index (χ0n) is 73.7. The van der Waals surface area contributed by atoms with Crippen molar-refractivity contribution in [3.8, 4) is 0 Å². The molecule has 42 nitrogen and oxygen atoms in total. The number of carboxylic acids is 2. The monoisotopic (exact) mass is 1840 g/mol. The van der Waals surface area contributed by atoms with Gasteiger partial charge >= 0.3 is 11.9 Å². The number of aliphatic hydroxyl groups is 19. The van der Waals surface area contributed by atoms with Crippen molar-refractivity contribution in [1.29, 1.82) is 0 Å². The molecule has 0 aromatic rings. The molecule has 0 radical (unpaired) electrons. The van der Waals surface area contributed by atoms with E-state index in [0.29, 0.717) is 12.8 Å². The molecule has 127 heavy (non-hydrogen) atoms. The number of hydrogen-bond donors (Lipinski definition) is 24. The molecule has 738 valence electrons. The molecular weight excluding hydrogens is 1690 g/mol. The molecular formula is C85H149N3O39. The van der Waals surface area contributed by atoms with E-state index in [1.54, 1.807) is 0 Å². The van der Waals surface area contributed by atoms with Crippen LogP contribution in [0.2, 0.25) is 0 Å². The molecule has 0 aromatic heterocycles. The first-order chi connectivity index (χ1) is 60.6. The molecule has 6 rings (SSSR count). The molecule has 6 aliphatic rings. The Kier molecular flexibility index (Phi) is 49.6. The van der Waals surface area contributed by atoms with Gasteiger partial charge in [-0.2, -0.15) is 0 Å². The third-order valence-corrected chi connectivity index (χ3v) is 24.4. The van der Waals surface area contributed by atoms with E-state index >= 15 is 0 Å². The minimum Gasteiger partial charge on any atom is -0.477 e. The summed E-state index contributed by atoms with van der Waals surface area (Å²) in [6.07, 6.45) is -32.8. The Morgan fingerprint density at radius 2 is 0.811 bits per heavy atom. The second-order valence-electron chi connectivity index (χ2n) is 34.6. The van der Waals surface area contributed by atoms with Gasteiger partial charge in [-0.3, -0.25) is 14.4 Å². The summed E-state index contributed by atoms with van der Waals surface area (Å²) in [6.45, 7) is -0.577. The summed E-state index contributed by atoms with van der Waals surface area (Å²) in [4.78, 5) is 79.7. The Bertz CT molecular complexity index is 3200. The van der Waals surface area contributed by atoms with Gasteiger partial charge in [0.2, 0.25) is 17.7 Å². The Morgan fingerprint density at radius 1 is 0.425 bits per heavy atom. The van der Waals surface area contributed by atoms with Gasteiger partial charge in [0.05, 0.1) is 88.8 Å². The molecule has 0 spiro atoms. The minimum atomic E-state index is -3.48. The first-order valence-electron chi connectivity index (χ1n) is 45.4. The van der Waals surface area contributed by atoms with E-state index in [-0.39, 0.29) is 12.8 Å². The zero-order chi connectivity index (χ0) is 93.8. The quantitative estimate of drug-likeness (QED) is 0.0216. The maximum Gasteiger partial charge on any atom is 0.364 e. The van der Waals surface area contributed by atoms with Crippen molar-refractivity contribution in [2.24, 2.45) is 5.92 Å². The van der Waals surface area contributed by atoms with Crippen molar-refractivity contribution in [2.75, 3.05) is 46.2 Å². The van der Waals surface area contributed by atoms with E-state index in [4.69, 9.17) is 56.8 Å². The number of allylic oxidation sites excluding steroid dienone is 2. The molecule has 0 aliphatic carbocycles. The lowest BCUT2D eigenvalue weighted by molar-refractivity contribution is -0.408. The van der Waals surface area contributed by atoms with Crippen LogP contribution in [0.25, 0.3) is 0 Å². The SMILES string of the molecule is CCCCCCC=CCCCCCCCCCC(=O)NC(COC1OC(CO)C(OC2OC(CO)C(OC3OC(CO)C(O)C(OC4OC(CO)C(O)C(OC5(C(=O)O)CC(O)C(NC(C)=O)C(C(O)C(O)CO)O5)C4O)C3CC(C)=O)C(OC3(C(=O)O)CC(O)C(NC(C)=O)C(C(O)C(O)CO)O3)C2O)C(O)C1O)C(O)CCCCCCCCCCCCCCC. The number of nitrogens with one attached hydrogen (secondary N) is 3. The topological polar surface area (TPSA) is 674 Å². The smallest absolute Gasteiger partial charge is 0.364 e. The van der Waals surface area contributed by atoms with Crippen LogP contribution in [-0.4, -0.2) is 390 Å². The van der Waals surface area contributed by atoms with Gasteiger partial charge in [0, 0.05) is 45.4 Å². The van der Waals surface area contributed by atoms with E-state index in [0.717, 1.165) is 111 Å². The highest BCUT2D eigenvalue weighted by Gasteiger charge is 2.64. The maximum absolute atomic E-state index is 14.1. The Morgan fingerprint density at radius 3 is 1.26 bits per heavy atom. The molecule has 34 unspecified atom stereocenters. The first-order valence-corrected chi connectivity index (χ1v) is 45.4. The number of rotatable bonds is 60. The lowest BCUT2D eigenvalue weighted by Gasteiger charge is -2.53. The summed E-state index contributed by atoms with van der Waals surface area (Å²) < 4.78 is 72.8. The summed E-state index contributed by atoms with van der Waals surface area (Å²) >= 11 is 0.